The van der Waals surface area contributed by atoms with E-state index in [2.05, 4.69) is 15.3 Å². The van der Waals surface area contributed by atoms with Crippen molar-refractivity contribution < 1.29 is 0 Å². The second kappa shape index (κ2) is 3.13. The maximum absolute atomic E-state index is 5.71. The molecule has 0 aliphatic rings. The van der Waals surface area contributed by atoms with Crippen LogP contribution in [0, 0.1) is 6.92 Å². The normalized spacial score (nSPS) is 10.7. The van der Waals surface area contributed by atoms with Crippen molar-refractivity contribution in [2.24, 2.45) is 7.05 Å². The first-order valence-corrected chi connectivity index (χ1v) is 4.29. The molecule has 0 fully saturated rings. The lowest BCUT2D eigenvalue weighted by atomic mass is 10.4. The summed E-state index contributed by atoms with van der Waals surface area (Å²) in [5.74, 6) is 0.517. The number of hydrogen-bond acceptors (Lipinski definition) is 4. The van der Waals surface area contributed by atoms with Gasteiger partial charge in [-0.05, 0) is 6.92 Å². The van der Waals surface area contributed by atoms with Crippen LogP contribution in [-0.4, -0.2) is 24.5 Å². The summed E-state index contributed by atoms with van der Waals surface area (Å²) in [5, 5.41) is 7.65. The third-order valence-corrected chi connectivity index (χ3v) is 2.21. The van der Waals surface area contributed by atoms with E-state index < -0.39 is 0 Å². The van der Waals surface area contributed by atoms with Crippen LogP contribution in [0.5, 0.6) is 0 Å². The highest BCUT2D eigenvalue weighted by molar-refractivity contribution is 5.23. The molecule has 0 bridgehead atoms. The second-order valence-corrected chi connectivity index (χ2v) is 3.19. The molecule has 0 amide bonds. The number of anilines is 1. The van der Waals surface area contributed by atoms with Crippen molar-refractivity contribution in [1.82, 2.24) is 24.5 Å². The van der Waals surface area contributed by atoms with Gasteiger partial charge in [-0.15, -0.1) is 5.10 Å². The molecule has 0 spiro atoms. The standard InChI is InChI=1S/C8H12N6/c1-6-3-10-8(9)14(6)5-7-4-11-12-13(7)2/h3-4H,5H2,1-2H3,(H2,9,10). The van der Waals surface area contributed by atoms with E-state index in [1.54, 1.807) is 17.1 Å². The summed E-state index contributed by atoms with van der Waals surface area (Å²) in [7, 11) is 1.85. The summed E-state index contributed by atoms with van der Waals surface area (Å²) in [6, 6.07) is 0. The highest BCUT2D eigenvalue weighted by Crippen LogP contribution is 2.08. The first-order valence-electron chi connectivity index (χ1n) is 4.29. The number of hydrogen-bond donors (Lipinski definition) is 1. The fourth-order valence-corrected chi connectivity index (χ4v) is 1.30. The van der Waals surface area contributed by atoms with E-state index in [-0.39, 0.29) is 0 Å². The van der Waals surface area contributed by atoms with Gasteiger partial charge in [-0.1, -0.05) is 5.21 Å². The Morgan fingerprint density at radius 3 is 2.71 bits per heavy atom. The van der Waals surface area contributed by atoms with E-state index in [1.165, 1.54) is 0 Å². The van der Waals surface area contributed by atoms with E-state index >= 15 is 0 Å². The molecular weight excluding hydrogens is 180 g/mol. The van der Waals surface area contributed by atoms with Crippen LogP contribution >= 0.6 is 0 Å². The Kier molecular flexibility index (Phi) is 1.95. The Balaban J connectivity index is 2.31. The van der Waals surface area contributed by atoms with E-state index in [1.807, 2.05) is 18.5 Å². The van der Waals surface area contributed by atoms with E-state index in [0.29, 0.717) is 12.5 Å². The topological polar surface area (TPSA) is 74.6 Å². The van der Waals surface area contributed by atoms with Crippen LogP contribution in [0.15, 0.2) is 12.4 Å². The molecule has 0 aromatic carbocycles. The lowest BCUT2D eigenvalue weighted by molar-refractivity contribution is 0.645. The average molecular weight is 192 g/mol. The van der Waals surface area contributed by atoms with E-state index in [9.17, 15) is 0 Å². The van der Waals surface area contributed by atoms with Crippen LogP contribution in [0.4, 0.5) is 5.95 Å². The fraction of sp³-hybridized carbons (Fsp3) is 0.375. The molecule has 0 saturated heterocycles. The van der Waals surface area contributed by atoms with Gasteiger partial charge in [-0.2, -0.15) is 0 Å². The Hall–Kier alpha value is -1.85. The monoisotopic (exact) mass is 192 g/mol. The van der Waals surface area contributed by atoms with Crippen LogP contribution in [0.1, 0.15) is 11.4 Å². The molecule has 2 aromatic rings. The third kappa shape index (κ3) is 1.34. The Morgan fingerprint density at radius 1 is 1.43 bits per heavy atom. The largest absolute Gasteiger partial charge is 0.369 e. The van der Waals surface area contributed by atoms with Crippen LogP contribution in [0.25, 0.3) is 0 Å². The minimum Gasteiger partial charge on any atom is -0.369 e. The zero-order chi connectivity index (χ0) is 10.1. The second-order valence-electron chi connectivity index (χ2n) is 3.19. The molecule has 14 heavy (non-hydrogen) atoms. The van der Waals surface area contributed by atoms with E-state index in [0.717, 1.165) is 11.4 Å². The predicted octanol–water partition coefficient (Wildman–Crippen LogP) is -0.0495. The highest BCUT2D eigenvalue weighted by atomic mass is 15.4. The third-order valence-electron chi connectivity index (χ3n) is 2.21. The van der Waals surface area contributed by atoms with Crippen molar-refractivity contribution in [3.8, 4) is 0 Å². The highest BCUT2D eigenvalue weighted by Gasteiger charge is 2.06. The van der Waals surface area contributed by atoms with Crippen molar-refractivity contribution in [2.75, 3.05) is 5.73 Å². The number of aryl methyl sites for hydroxylation is 2. The lowest BCUT2D eigenvalue weighted by Gasteiger charge is -2.06. The van der Waals surface area contributed by atoms with Crippen LogP contribution < -0.4 is 5.73 Å². The molecule has 2 N–H and O–H groups in total. The van der Waals surface area contributed by atoms with Gasteiger partial charge in [-0.3, -0.25) is 4.68 Å². The molecule has 0 aliphatic heterocycles. The van der Waals surface area contributed by atoms with Gasteiger partial charge in [0.15, 0.2) is 0 Å². The molecular formula is C8H12N6. The van der Waals surface area contributed by atoms with Gasteiger partial charge in [0.2, 0.25) is 5.95 Å². The zero-order valence-corrected chi connectivity index (χ0v) is 8.18. The van der Waals surface area contributed by atoms with Crippen molar-refractivity contribution in [3.05, 3.63) is 23.8 Å². The maximum atomic E-state index is 5.71. The number of imidazole rings is 1. The molecule has 0 saturated carbocycles. The van der Waals surface area contributed by atoms with Crippen molar-refractivity contribution >= 4 is 5.95 Å². The van der Waals surface area contributed by atoms with Gasteiger partial charge in [0.25, 0.3) is 0 Å². The number of aromatic nitrogens is 5. The molecule has 0 aliphatic carbocycles. The molecule has 0 radical (unpaired) electrons. The summed E-state index contributed by atoms with van der Waals surface area (Å²) >= 11 is 0. The summed E-state index contributed by atoms with van der Waals surface area (Å²) < 4.78 is 3.64. The molecule has 2 aromatic heterocycles. The number of nitrogen functional groups attached to an aromatic ring is 1. The van der Waals surface area contributed by atoms with E-state index in [4.69, 9.17) is 5.73 Å². The minimum absolute atomic E-state index is 0.517. The summed E-state index contributed by atoms with van der Waals surface area (Å²) in [4.78, 5) is 4.02. The van der Waals surface area contributed by atoms with Crippen molar-refractivity contribution in [3.63, 3.8) is 0 Å². The molecule has 0 unspecified atom stereocenters. The van der Waals surface area contributed by atoms with Gasteiger partial charge in [0.1, 0.15) is 0 Å². The van der Waals surface area contributed by atoms with Crippen LogP contribution in [0.3, 0.4) is 0 Å². The molecule has 6 nitrogen and oxygen atoms in total. The van der Waals surface area contributed by atoms with Crippen LogP contribution in [-0.2, 0) is 13.6 Å². The van der Waals surface area contributed by atoms with Crippen molar-refractivity contribution in [2.45, 2.75) is 13.5 Å². The molecule has 6 heteroatoms. The van der Waals surface area contributed by atoms with Gasteiger partial charge < -0.3 is 10.3 Å². The minimum atomic E-state index is 0.517. The van der Waals surface area contributed by atoms with Gasteiger partial charge in [0.05, 0.1) is 24.6 Å². The summed E-state index contributed by atoms with van der Waals surface area (Å²) in [6.07, 6.45) is 3.47. The Morgan fingerprint density at radius 2 is 2.21 bits per heavy atom. The van der Waals surface area contributed by atoms with Gasteiger partial charge in [0, 0.05) is 12.7 Å². The zero-order valence-electron chi connectivity index (χ0n) is 8.18. The first kappa shape index (κ1) is 8.74. The maximum Gasteiger partial charge on any atom is 0.200 e. The number of nitrogens with zero attached hydrogens (tertiary/aromatic N) is 5. The lowest BCUT2D eigenvalue weighted by Crippen LogP contribution is -2.09. The number of nitrogens with two attached hydrogens (primary N) is 1. The smallest absolute Gasteiger partial charge is 0.200 e. The fourth-order valence-electron chi connectivity index (χ4n) is 1.30. The van der Waals surface area contributed by atoms with Crippen molar-refractivity contribution in [1.29, 1.82) is 0 Å². The van der Waals surface area contributed by atoms with Gasteiger partial charge >= 0.3 is 0 Å². The SMILES string of the molecule is Cc1cnc(N)n1Cc1cnnn1C. The molecule has 74 valence electrons. The molecule has 2 heterocycles. The molecule has 2 rings (SSSR count). The predicted molar refractivity (Wildman–Crippen MR) is 51.5 cm³/mol. The molecule has 0 atom stereocenters. The van der Waals surface area contributed by atoms with Crippen LogP contribution in [0.2, 0.25) is 0 Å². The first-order chi connectivity index (χ1) is 6.68. The average Bonchev–Trinajstić information content (AvgIpc) is 2.67. The number of rotatable bonds is 2. The Bertz CT molecular complexity index is 421. The quantitative estimate of drug-likeness (QED) is 0.724. The summed E-state index contributed by atoms with van der Waals surface area (Å²) in [6.45, 7) is 2.62. The Labute approximate surface area is 81.4 Å². The summed E-state index contributed by atoms with van der Waals surface area (Å²) in [5.41, 5.74) is 7.74. The van der Waals surface area contributed by atoms with Gasteiger partial charge in [-0.25, -0.2) is 4.98 Å².